The Morgan fingerprint density at radius 2 is 2.04 bits per heavy atom. The van der Waals surface area contributed by atoms with Crippen LogP contribution < -0.4 is 5.32 Å². The van der Waals surface area contributed by atoms with Gasteiger partial charge in [-0.25, -0.2) is 0 Å². The van der Waals surface area contributed by atoms with Crippen molar-refractivity contribution in [3.63, 3.8) is 0 Å². The van der Waals surface area contributed by atoms with Crippen LogP contribution in [0.15, 0.2) is 22.5 Å². The summed E-state index contributed by atoms with van der Waals surface area (Å²) in [4.78, 5) is 0. The van der Waals surface area contributed by atoms with Crippen LogP contribution in [0.25, 0.3) is 0 Å². The molecular formula is C17H23N3OS2. The van der Waals surface area contributed by atoms with Gasteiger partial charge in [0.25, 0.3) is 0 Å². The summed E-state index contributed by atoms with van der Waals surface area (Å²) in [5, 5.41) is 13.0. The monoisotopic (exact) mass is 349 g/mol. The zero-order valence-corrected chi connectivity index (χ0v) is 15.3. The van der Waals surface area contributed by atoms with Gasteiger partial charge in [-0.3, -0.25) is 0 Å². The van der Waals surface area contributed by atoms with Crippen LogP contribution in [-0.2, 0) is 17.6 Å². The Morgan fingerprint density at radius 3 is 2.70 bits per heavy atom. The van der Waals surface area contributed by atoms with E-state index in [1.54, 1.807) is 23.1 Å². The number of anilines is 2. The Bertz CT molecular complexity index is 616. The molecule has 124 valence electrons. The SMILES string of the molecule is CCc1cccc(CC)c1Nc1nnc(SC[C@H]2CCCO2)s1. The van der Waals surface area contributed by atoms with E-state index in [1.807, 2.05) is 0 Å². The number of aromatic nitrogens is 2. The number of ether oxygens (including phenoxy) is 1. The Morgan fingerprint density at radius 1 is 1.26 bits per heavy atom. The van der Waals surface area contributed by atoms with Crippen molar-refractivity contribution in [1.82, 2.24) is 10.2 Å². The van der Waals surface area contributed by atoms with Crippen molar-refractivity contribution in [1.29, 1.82) is 0 Å². The summed E-state index contributed by atoms with van der Waals surface area (Å²) in [5.74, 6) is 0.973. The van der Waals surface area contributed by atoms with Crippen LogP contribution in [0.5, 0.6) is 0 Å². The van der Waals surface area contributed by atoms with E-state index in [4.69, 9.17) is 4.74 Å². The van der Waals surface area contributed by atoms with Crippen molar-refractivity contribution >= 4 is 33.9 Å². The second kappa shape index (κ2) is 8.13. The minimum Gasteiger partial charge on any atom is -0.377 e. The number of hydrogen-bond donors (Lipinski definition) is 1. The number of para-hydroxylation sites is 1. The first kappa shape index (κ1) is 16.7. The smallest absolute Gasteiger partial charge is 0.210 e. The van der Waals surface area contributed by atoms with E-state index < -0.39 is 0 Å². The molecule has 1 atom stereocenters. The molecule has 1 fully saturated rings. The van der Waals surface area contributed by atoms with Gasteiger partial charge in [-0.15, -0.1) is 10.2 Å². The summed E-state index contributed by atoms with van der Waals surface area (Å²) >= 11 is 3.37. The normalized spacial score (nSPS) is 17.6. The van der Waals surface area contributed by atoms with Crippen LogP contribution in [0.2, 0.25) is 0 Å². The topological polar surface area (TPSA) is 47.0 Å². The first-order chi connectivity index (χ1) is 11.3. The van der Waals surface area contributed by atoms with Crippen LogP contribution in [-0.4, -0.2) is 28.7 Å². The molecule has 1 saturated heterocycles. The van der Waals surface area contributed by atoms with Crippen LogP contribution in [0.1, 0.15) is 37.8 Å². The van der Waals surface area contributed by atoms with Gasteiger partial charge in [0.2, 0.25) is 5.13 Å². The third-order valence-electron chi connectivity index (χ3n) is 4.05. The molecule has 0 unspecified atom stereocenters. The van der Waals surface area contributed by atoms with Gasteiger partial charge in [0, 0.05) is 18.0 Å². The highest BCUT2D eigenvalue weighted by atomic mass is 32.2. The molecule has 0 spiro atoms. The number of nitrogens with one attached hydrogen (secondary N) is 1. The van der Waals surface area contributed by atoms with Gasteiger partial charge in [0.15, 0.2) is 4.34 Å². The molecule has 0 bridgehead atoms. The standard InChI is InChI=1S/C17H23N3OS2/c1-3-12-7-5-8-13(4-2)15(12)18-16-19-20-17(23-16)22-11-14-9-6-10-21-14/h5,7-8,14H,3-4,6,9-11H2,1-2H3,(H,18,19)/t14-/m1/s1. The molecule has 4 nitrogen and oxygen atoms in total. The van der Waals surface area contributed by atoms with E-state index in [2.05, 4.69) is 47.6 Å². The van der Waals surface area contributed by atoms with Gasteiger partial charge >= 0.3 is 0 Å². The van der Waals surface area contributed by atoms with Crippen molar-refractivity contribution < 1.29 is 4.74 Å². The van der Waals surface area contributed by atoms with Gasteiger partial charge in [-0.1, -0.05) is 55.1 Å². The van der Waals surface area contributed by atoms with E-state index in [0.29, 0.717) is 6.10 Å². The predicted octanol–water partition coefficient (Wildman–Crippen LogP) is 4.68. The summed E-state index contributed by atoms with van der Waals surface area (Å²) in [6.45, 7) is 5.27. The summed E-state index contributed by atoms with van der Waals surface area (Å²) in [6.07, 6.45) is 4.75. The Balaban J connectivity index is 1.66. The molecule has 0 amide bonds. The fraction of sp³-hybridized carbons (Fsp3) is 0.529. The Labute approximate surface area is 146 Å². The molecule has 0 saturated carbocycles. The molecule has 0 radical (unpaired) electrons. The highest BCUT2D eigenvalue weighted by Crippen LogP contribution is 2.32. The van der Waals surface area contributed by atoms with E-state index in [0.717, 1.165) is 34.7 Å². The Kier molecular flexibility index (Phi) is 5.91. The van der Waals surface area contributed by atoms with E-state index in [-0.39, 0.29) is 0 Å². The lowest BCUT2D eigenvalue weighted by Crippen LogP contribution is -2.07. The molecule has 1 aliphatic rings. The van der Waals surface area contributed by atoms with Gasteiger partial charge in [-0.05, 0) is 36.8 Å². The minimum atomic E-state index is 0.382. The highest BCUT2D eigenvalue weighted by molar-refractivity contribution is 8.01. The van der Waals surface area contributed by atoms with Crippen LogP contribution in [0.3, 0.4) is 0 Å². The maximum atomic E-state index is 5.66. The fourth-order valence-electron chi connectivity index (χ4n) is 2.77. The van der Waals surface area contributed by atoms with Gasteiger partial charge in [-0.2, -0.15) is 0 Å². The predicted molar refractivity (Wildman–Crippen MR) is 98.1 cm³/mol. The largest absolute Gasteiger partial charge is 0.377 e. The molecule has 0 aliphatic carbocycles. The van der Waals surface area contributed by atoms with Crippen molar-refractivity contribution in [3.8, 4) is 0 Å². The van der Waals surface area contributed by atoms with Crippen molar-refractivity contribution in [2.45, 2.75) is 50.0 Å². The maximum Gasteiger partial charge on any atom is 0.210 e. The number of thioether (sulfide) groups is 1. The highest BCUT2D eigenvalue weighted by Gasteiger charge is 2.17. The number of nitrogens with zero attached hydrogens (tertiary/aromatic N) is 2. The minimum absolute atomic E-state index is 0.382. The third kappa shape index (κ3) is 4.25. The molecular weight excluding hydrogens is 326 g/mol. The maximum absolute atomic E-state index is 5.66. The molecule has 1 aliphatic heterocycles. The number of aryl methyl sites for hydroxylation is 2. The summed E-state index contributed by atoms with van der Waals surface area (Å²) in [6, 6.07) is 6.48. The molecule has 2 heterocycles. The van der Waals surface area contributed by atoms with Gasteiger partial charge < -0.3 is 10.1 Å². The molecule has 1 aromatic heterocycles. The van der Waals surface area contributed by atoms with Gasteiger partial charge in [0.05, 0.1) is 6.10 Å². The zero-order valence-electron chi connectivity index (χ0n) is 13.7. The van der Waals surface area contributed by atoms with E-state index in [1.165, 1.54) is 29.7 Å². The average molecular weight is 350 g/mol. The lowest BCUT2D eigenvalue weighted by Gasteiger charge is -2.13. The van der Waals surface area contributed by atoms with Crippen molar-refractivity contribution in [2.75, 3.05) is 17.7 Å². The second-order valence-electron chi connectivity index (χ2n) is 5.60. The number of hydrogen-bond acceptors (Lipinski definition) is 6. The number of benzene rings is 1. The molecule has 23 heavy (non-hydrogen) atoms. The first-order valence-electron chi connectivity index (χ1n) is 8.25. The molecule has 1 N–H and O–H groups in total. The van der Waals surface area contributed by atoms with Crippen LogP contribution in [0, 0.1) is 0 Å². The second-order valence-corrected chi connectivity index (χ2v) is 7.85. The quantitative estimate of drug-likeness (QED) is 0.736. The average Bonchev–Trinajstić information content (AvgIpc) is 3.24. The number of rotatable bonds is 7. The van der Waals surface area contributed by atoms with Crippen molar-refractivity contribution in [2.24, 2.45) is 0 Å². The van der Waals surface area contributed by atoms with Crippen LogP contribution in [0.4, 0.5) is 10.8 Å². The van der Waals surface area contributed by atoms with Crippen molar-refractivity contribution in [3.05, 3.63) is 29.3 Å². The first-order valence-corrected chi connectivity index (χ1v) is 10.1. The molecule has 3 rings (SSSR count). The molecule has 2 aromatic rings. The van der Waals surface area contributed by atoms with Crippen LogP contribution >= 0.6 is 23.1 Å². The molecule has 1 aromatic carbocycles. The summed E-state index contributed by atoms with van der Waals surface area (Å²) in [5.41, 5.74) is 3.85. The third-order valence-corrected chi connectivity index (χ3v) is 6.16. The van der Waals surface area contributed by atoms with E-state index in [9.17, 15) is 0 Å². The summed E-state index contributed by atoms with van der Waals surface area (Å²) < 4.78 is 6.67. The molecule has 6 heteroatoms. The van der Waals surface area contributed by atoms with Gasteiger partial charge in [0.1, 0.15) is 0 Å². The lowest BCUT2D eigenvalue weighted by molar-refractivity contribution is 0.129. The fourth-order valence-corrected chi connectivity index (χ4v) is 4.62. The zero-order chi connectivity index (χ0) is 16.1. The van der Waals surface area contributed by atoms with E-state index >= 15 is 0 Å². The Hall–Kier alpha value is -1.11. The summed E-state index contributed by atoms with van der Waals surface area (Å²) in [7, 11) is 0. The lowest BCUT2D eigenvalue weighted by atomic mass is 10.0.